The molecule has 11 heteroatoms. The highest BCUT2D eigenvalue weighted by Crippen LogP contribution is 2.36. The first-order chi connectivity index (χ1) is 21.1. The topological polar surface area (TPSA) is 139 Å². The average Bonchev–Trinajstić information content (AvgIpc) is 3.86. The van der Waals surface area contributed by atoms with Crippen LogP contribution in [0.2, 0.25) is 0 Å². The van der Waals surface area contributed by atoms with Crippen molar-refractivity contribution < 1.29 is 28.2 Å². The molecule has 2 aliphatic carbocycles. The van der Waals surface area contributed by atoms with Gasteiger partial charge in [-0.05, 0) is 50.1 Å². The average molecular weight is 631 g/mol. The van der Waals surface area contributed by atoms with Gasteiger partial charge in [0, 0.05) is 32.6 Å². The first-order valence-electron chi connectivity index (χ1n) is 16.2. The summed E-state index contributed by atoms with van der Waals surface area (Å²) >= 11 is 0. The number of likely N-dealkylation sites (N-methyl/N-ethyl adjacent to an activating group) is 1. The molecule has 1 saturated heterocycles. The second-order valence-corrected chi connectivity index (χ2v) is 15.0. The number of amides is 2. The summed E-state index contributed by atoms with van der Waals surface area (Å²) in [5.74, 6) is 0.367. The minimum atomic E-state index is -3.75. The molecule has 0 aromatic heterocycles. The number of nitrogens with zero attached hydrogens (tertiary/aromatic N) is 2. The number of benzene rings is 1. The van der Waals surface area contributed by atoms with Crippen LogP contribution in [0, 0.1) is 30.1 Å². The summed E-state index contributed by atoms with van der Waals surface area (Å²) < 4.78 is 28.3. The van der Waals surface area contributed by atoms with Gasteiger partial charge in [-0.15, -0.1) is 12.3 Å². The number of hydrogen-bond donors (Lipinski definition) is 4. The van der Waals surface area contributed by atoms with E-state index in [4.69, 9.17) is 6.42 Å². The van der Waals surface area contributed by atoms with Crippen molar-refractivity contribution in [2.45, 2.75) is 88.5 Å². The summed E-state index contributed by atoms with van der Waals surface area (Å²) in [4.78, 5) is 29.4. The smallest absolute Gasteiger partial charge is 0.243 e. The van der Waals surface area contributed by atoms with Crippen LogP contribution in [0.5, 0.6) is 0 Å². The lowest BCUT2D eigenvalue weighted by Crippen LogP contribution is -2.56. The quantitative estimate of drug-likeness (QED) is 0.216. The van der Waals surface area contributed by atoms with Crippen molar-refractivity contribution in [2.24, 2.45) is 17.8 Å². The first kappa shape index (κ1) is 34.4. The molecule has 1 aromatic rings. The number of carbonyl (C=O) groups is 2. The Hall–Kier alpha value is -2.49. The largest absolute Gasteiger partial charge is 0.390 e. The Balaban J connectivity index is 1.48. The number of nitrogens with one attached hydrogen (secondary N) is 2. The van der Waals surface area contributed by atoms with Gasteiger partial charge in [0.25, 0.3) is 0 Å². The maximum absolute atomic E-state index is 13.8. The molecule has 0 spiro atoms. The van der Waals surface area contributed by atoms with Crippen molar-refractivity contribution in [3.63, 3.8) is 0 Å². The van der Waals surface area contributed by atoms with Crippen LogP contribution < -0.4 is 10.6 Å². The monoisotopic (exact) mass is 630 g/mol. The second-order valence-electron chi connectivity index (χ2n) is 13.0. The van der Waals surface area contributed by atoms with E-state index in [1.807, 2.05) is 37.4 Å². The van der Waals surface area contributed by atoms with Crippen LogP contribution in [0.4, 0.5) is 0 Å². The molecule has 4 N–H and O–H groups in total. The van der Waals surface area contributed by atoms with Crippen LogP contribution >= 0.6 is 0 Å². The molecule has 0 unspecified atom stereocenters. The summed E-state index contributed by atoms with van der Waals surface area (Å²) in [6.45, 7) is 1.95. The van der Waals surface area contributed by atoms with Gasteiger partial charge < -0.3 is 25.7 Å². The Kier molecular flexibility index (Phi) is 12.6. The molecule has 3 aliphatic rings. The van der Waals surface area contributed by atoms with Gasteiger partial charge >= 0.3 is 0 Å². The zero-order chi connectivity index (χ0) is 31.7. The Morgan fingerprint density at radius 1 is 0.977 bits per heavy atom. The number of aliphatic hydroxyl groups is 2. The molecule has 3 fully saturated rings. The summed E-state index contributed by atoms with van der Waals surface area (Å²) in [5.41, 5.74) is 0.809. The lowest BCUT2D eigenvalue weighted by atomic mass is 9.82. The highest BCUT2D eigenvalue weighted by atomic mass is 32.2. The summed E-state index contributed by atoms with van der Waals surface area (Å²) in [6.07, 6.45) is 11.2. The minimum Gasteiger partial charge on any atom is -0.390 e. The normalized spacial score (nSPS) is 22.2. The van der Waals surface area contributed by atoms with E-state index in [9.17, 15) is 28.2 Å². The maximum atomic E-state index is 13.8. The zero-order valence-corrected chi connectivity index (χ0v) is 26.8. The molecule has 2 saturated carbocycles. The molecule has 10 nitrogen and oxygen atoms in total. The fourth-order valence-corrected chi connectivity index (χ4v) is 8.18. The van der Waals surface area contributed by atoms with E-state index < -0.39 is 57.8 Å². The fraction of sp³-hybridized carbons (Fsp3) is 0.697. The Morgan fingerprint density at radius 2 is 1.64 bits per heavy atom. The molecule has 244 valence electrons. The van der Waals surface area contributed by atoms with E-state index >= 15 is 0 Å². The van der Waals surface area contributed by atoms with Gasteiger partial charge in [0.2, 0.25) is 21.8 Å². The van der Waals surface area contributed by atoms with E-state index in [-0.39, 0.29) is 18.8 Å². The molecule has 2 amide bonds. The van der Waals surface area contributed by atoms with Crippen LogP contribution in [0.25, 0.3) is 0 Å². The molecule has 5 atom stereocenters. The molecular formula is C33H50N4O6S. The van der Waals surface area contributed by atoms with E-state index in [0.29, 0.717) is 38.5 Å². The van der Waals surface area contributed by atoms with E-state index in [2.05, 4.69) is 21.5 Å². The lowest BCUT2D eigenvalue weighted by molar-refractivity contribution is -0.132. The van der Waals surface area contributed by atoms with Gasteiger partial charge in [0.05, 0.1) is 23.8 Å². The van der Waals surface area contributed by atoms with Crippen molar-refractivity contribution in [2.75, 3.05) is 39.0 Å². The van der Waals surface area contributed by atoms with Crippen molar-refractivity contribution in [1.29, 1.82) is 0 Å². The number of aliphatic hydroxyl groups excluding tert-OH is 2. The van der Waals surface area contributed by atoms with Crippen LogP contribution in [0.1, 0.15) is 63.4 Å². The lowest BCUT2D eigenvalue weighted by Gasteiger charge is -2.33. The van der Waals surface area contributed by atoms with Crippen molar-refractivity contribution in [3.05, 3.63) is 35.9 Å². The Bertz CT molecular complexity index is 1220. The molecule has 1 aliphatic heterocycles. The molecule has 0 radical (unpaired) electrons. The van der Waals surface area contributed by atoms with Gasteiger partial charge in [-0.2, -0.15) is 4.31 Å². The first-order valence-corrected chi connectivity index (χ1v) is 17.8. The molecule has 1 heterocycles. The Labute approximate surface area is 263 Å². The van der Waals surface area contributed by atoms with Gasteiger partial charge in [0.1, 0.15) is 12.1 Å². The molecular weight excluding hydrogens is 580 g/mol. The third-order valence-corrected chi connectivity index (χ3v) is 11.4. The van der Waals surface area contributed by atoms with E-state index in [1.54, 1.807) is 0 Å². The van der Waals surface area contributed by atoms with E-state index in [0.717, 1.165) is 44.1 Å². The SMILES string of the molecule is C#CC[C@H](NC(=O)[C@H](Cc1ccccc1)CS(=O)(=O)N1CCN(C)CC1)C(=O)N[C@@H](CC1CCCCC1)[C@@H](O)[C@@H](O)C1CC1. The highest BCUT2D eigenvalue weighted by molar-refractivity contribution is 7.89. The minimum absolute atomic E-state index is 0.0259. The van der Waals surface area contributed by atoms with Gasteiger partial charge in [-0.3, -0.25) is 9.59 Å². The number of terminal acetylenes is 1. The summed E-state index contributed by atoms with van der Waals surface area (Å²) in [6, 6.07) is 7.41. The van der Waals surface area contributed by atoms with Crippen molar-refractivity contribution in [1.82, 2.24) is 19.8 Å². The zero-order valence-electron chi connectivity index (χ0n) is 25.9. The number of carbonyl (C=O) groups excluding carboxylic acids is 2. The number of hydrogen-bond acceptors (Lipinski definition) is 7. The Morgan fingerprint density at radius 3 is 2.25 bits per heavy atom. The predicted molar refractivity (Wildman–Crippen MR) is 170 cm³/mol. The highest BCUT2D eigenvalue weighted by Gasteiger charge is 2.40. The van der Waals surface area contributed by atoms with Gasteiger partial charge in [-0.1, -0.05) is 62.4 Å². The third-order valence-electron chi connectivity index (χ3n) is 9.42. The summed E-state index contributed by atoms with van der Waals surface area (Å²) in [5, 5.41) is 27.5. The molecule has 4 rings (SSSR count). The van der Waals surface area contributed by atoms with Gasteiger partial charge in [-0.25, -0.2) is 8.42 Å². The maximum Gasteiger partial charge on any atom is 0.243 e. The fourth-order valence-electron chi connectivity index (χ4n) is 6.47. The third kappa shape index (κ3) is 10.0. The standard InChI is InChI=1S/C33H50N4O6S/c1-3-10-28(33(41)35-29(22-25-13-8-5-9-14-25)31(39)30(38)26-15-16-26)34-32(40)27(21-24-11-6-4-7-12-24)23-44(42,43)37-19-17-36(2)18-20-37/h1,4,6-7,11-12,25-31,38-39H,5,8-10,13-23H2,2H3,(H,34,40)(H,35,41)/t27-,28+,29+,30+,31-/m1/s1. The van der Waals surface area contributed by atoms with Crippen molar-refractivity contribution >= 4 is 21.8 Å². The molecule has 44 heavy (non-hydrogen) atoms. The van der Waals surface area contributed by atoms with Crippen molar-refractivity contribution in [3.8, 4) is 12.3 Å². The number of rotatable bonds is 15. The number of piperazine rings is 1. The van der Waals surface area contributed by atoms with Gasteiger partial charge in [0.15, 0.2) is 0 Å². The van der Waals surface area contributed by atoms with Crippen LogP contribution in [-0.4, -0.2) is 103 Å². The summed E-state index contributed by atoms with van der Waals surface area (Å²) in [7, 11) is -1.81. The molecule has 0 bridgehead atoms. The van der Waals surface area contributed by atoms with E-state index in [1.165, 1.54) is 10.7 Å². The predicted octanol–water partition coefficient (Wildman–Crippen LogP) is 1.52. The van der Waals surface area contributed by atoms with Crippen LogP contribution in [-0.2, 0) is 26.0 Å². The number of sulfonamides is 1. The van der Waals surface area contributed by atoms with Crippen LogP contribution in [0.15, 0.2) is 30.3 Å². The molecule has 1 aromatic carbocycles. The van der Waals surface area contributed by atoms with Crippen LogP contribution in [0.3, 0.4) is 0 Å². The second kappa shape index (κ2) is 16.2.